The second-order valence-corrected chi connectivity index (χ2v) is 5.10. The fourth-order valence-corrected chi connectivity index (χ4v) is 1.91. The Morgan fingerprint density at radius 1 is 1.59 bits per heavy atom. The van der Waals surface area contributed by atoms with E-state index in [0.29, 0.717) is 16.2 Å². The van der Waals surface area contributed by atoms with Crippen molar-refractivity contribution in [1.29, 1.82) is 0 Å². The van der Waals surface area contributed by atoms with Crippen molar-refractivity contribution in [3.05, 3.63) is 26.9 Å². The summed E-state index contributed by atoms with van der Waals surface area (Å²) in [5.41, 5.74) is -0.00141. The Balaban J connectivity index is 3.01. The molecule has 0 aliphatic heterocycles. The molecule has 0 aromatic carbocycles. The Bertz CT molecular complexity index is 410. The molecule has 94 valence electrons. The lowest BCUT2D eigenvalue weighted by Gasteiger charge is -2.21. The molecule has 1 aromatic heterocycles. The van der Waals surface area contributed by atoms with Gasteiger partial charge in [0, 0.05) is 22.8 Å². The molecule has 6 heteroatoms. The third-order valence-corrected chi connectivity index (χ3v) is 3.03. The Labute approximate surface area is 109 Å². The quantitative estimate of drug-likeness (QED) is 0.666. The number of nitrogens with one attached hydrogen (secondary N) is 1. The molecule has 0 saturated heterocycles. The monoisotopic (exact) mass is 301 g/mol. The molecule has 17 heavy (non-hydrogen) atoms. The molecule has 1 heterocycles. The maximum absolute atomic E-state index is 10.9. The average molecular weight is 302 g/mol. The summed E-state index contributed by atoms with van der Waals surface area (Å²) in [6.07, 6.45) is 2.45. The normalized spacial score (nSPS) is 12.5. The van der Waals surface area contributed by atoms with Crippen LogP contribution in [-0.2, 0) is 0 Å². The predicted octanol–water partition coefficient (Wildman–Crippen LogP) is 3.60. The summed E-state index contributed by atoms with van der Waals surface area (Å²) in [6.45, 7) is 6.19. The van der Waals surface area contributed by atoms with Crippen LogP contribution in [0.4, 0.5) is 11.5 Å². The summed E-state index contributed by atoms with van der Waals surface area (Å²) in [6, 6.07) is 1.64. The Morgan fingerprint density at radius 2 is 2.24 bits per heavy atom. The van der Waals surface area contributed by atoms with Gasteiger partial charge in [-0.2, -0.15) is 0 Å². The van der Waals surface area contributed by atoms with Crippen LogP contribution in [0.1, 0.15) is 27.2 Å². The van der Waals surface area contributed by atoms with E-state index < -0.39 is 4.92 Å². The molecule has 1 unspecified atom stereocenters. The number of anilines is 1. The molecule has 1 rings (SSSR count). The van der Waals surface area contributed by atoms with Gasteiger partial charge in [-0.05, 0) is 28.3 Å². The lowest BCUT2D eigenvalue weighted by Crippen LogP contribution is -2.25. The molecule has 1 aromatic rings. The summed E-state index contributed by atoms with van der Waals surface area (Å²) < 4.78 is 0.604. The van der Waals surface area contributed by atoms with E-state index in [-0.39, 0.29) is 11.7 Å². The van der Waals surface area contributed by atoms with Gasteiger partial charge in [0.1, 0.15) is 0 Å². The van der Waals surface area contributed by atoms with Crippen LogP contribution in [-0.4, -0.2) is 15.9 Å². The molecule has 0 bridgehead atoms. The van der Waals surface area contributed by atoms with Crippen LogP contribution in [0.2, 0.25) is 0 Å². The van der Waals surface area contributed by atoms with Gasteiger partial charge in [0.25, 0.3) is 0 Å². The van der Waals surface area contributed by atoms with E-state index in [4.69, 9.17) is 0 Å². The van der Waals surface area contributed by atoms with Crippen LogP contribution in [0, 0.1) is 16.0 Å². The topological polar surface area (TPSA) is 68.1 Å². The molecule has 0 fully saturated rings. The van der Waals surface area contributed by atoms with Crippen molar-refractivity contribution >= 4 is 27.4 Å². The maximum Gasteiger partial charge on any atom is 0.312 e. The van der Waals surface area contributed by atoms with Crippen molar-refractivity contribution in [2.75, 3.05) is 5.32 Å². The van der Waals surface area contributed by atoms with Gasteiger partial charge in [-0.25, -0.2) is 4.98 Å². The molecule has 1 N–H and O–H groups in total. The highest BCUT2D eigenvalue weighted by atomic mass is 79.9. The average Bonchev–Trinajstić information content (AvgIpc) is 2.26. The first kappa shape index (κ1) is 13.9. The molecule has 1 atom stereocenters. The maximum atomic E-state index is 10.9. The van der Waals surface area contributed by atoms with Gasteiger partial charge in [0.2, 0.25) is 5.82 Å². The highest BCUT2D eigenvalue weighted by molar-refractivity contribution is 9.10. The van der Waals surface area contributed by atoms with E-state index in [2.05, 4.69) is 40.1 Å². The van der Waals surface area contributed by atoms with E-state index in [0.717, 1.165) is 6.42 Å². The van der Waals surface area contributed by atoms with Crippen LogP contribution in [0.3, 0.4) is 0 Å². The fourth-order valence-electron chi connectivity index (χ4n) is 1.59. The largest absolute Gasteiger partial charge is 0.361 e. The van der Waals surface area contributed by atoms with Gasteiger partial charge >= 0.3 is 5.69 Å². The zero-order valence-electron chi connectivity index (χ0n) is 10.1. The van der Waals surface area contributed by atoms with Crippen molar-refractivity contribution in [2.45, 2.75) is 33.2 Å². The second kappa shape index (κ2) is 5.95. The number of nitrogens with zero attached hydrogens (tertiary/aromatic N) is 2. The molecular weight excluding hydrogens is 286 g/mol. The molecule has 0 amide bonds. The summed E-state index contributed by atoms with van der Waals surface area (Å²) in [7, 11) is 0. The molecule has 0 saturated carbocycles. The zero-order chi connectivity index (χ0) is 13.0. The van der Waals surface area contributed by atoms with E-state index in [1.807, 2.05) is 6.92 Å². The van der Waals surface area contributed by atoms with E-state index in [1.165, 1.54) is 6.07 Å². The first-order valence-electron chi connectivity index (χ1n) is 5.52. The number of pyridine rings is 1. The van der Waals surface area contributed by atoms with Gasteiger partial charge < -0.3 is 5.32 Å². The molecule has 0 radical (unpaired) electrons. The summed E-state index contributed by atoms with van der Waals surface area (Å²) in [4.78, 5) is 14.6. The van der Waals surface area contributed by atoms with Crippen molar-refractivity contribution in [2.24, 2.45) is 5.92 Å². The van der Waals surface area contributed by atoms with E-state index >= 15 is 0 Å². The summed E-state index contributed by atoms with van der Waals surface area (Å²) in [5.74, 6) is 0.726. The van der Waals surface area contributed by atoms with Gasteiger partial charge in [-0.1, -0.05) is 20.8 Å². The molecule has 0 aliphatic rings. The molecule has 0 spiro atoms. The Morgan fingerprint density at radius 3 is 2.71 bits per heavy atom. The predicted molar refractivity (Wildman–Crippen MR) is 71.1 cm³/mol. The summed E-state index contributed by atoms with van der Waals surface area (Å²) >= 11 is 3.18. The van der Waals surface area contributed by atoms with Crippen LogP contribution < -0.4 is 5.32 Å². The van der Waals surface area contributed by atoms with Crippen molar-refractivity contribution in [1.82, 2.24) is 4.98 Å². The van der Waals surface area contributed by atoms with Crippen molar-refractivity contribution in [3.8, 4) is 0 Å². The van der Waals surface area contributed by atoms with Crippen molar-refractivity contribution < 1.29 is 4.92 Å². The van der Waals surface area contributed by atoms with Crippen molar-refractivity contribution in [3.63, 3.8) is 0 Å². The van der Waals surface area contributed by atoms with E-state index in [1.54, 1.807) is 6.20 Å². The highest BCUT2D eigenvalue weighted by Gasteiger charge is 2.19. The minimum atomic E-state index is -0.423. The number of halogens is 1. The van der Waals surface area contributed by atoms with Gasteiger partial charge in [0.05, 0.1) is 4.92 Å². The number of rotatable bonds is 5. The first-order valence-corrected chi connectivity index (χ1v) is 6.31. The highest BCUT2D eigenvalue weighted by Crippen LogP contribution is 2.27. The third-order valence-electron chi connectivity index (χ3n) is 2.60. The fraction of sp³-hybridized carbons (Fsp3) is 0.545. The molecule has 5 nitrogen and oxygen atoms in total. The number of hydrogen-bond acceptors (Lipinski definition) is 4. The smallest absolute Gasteiger partial charge is 0.312 e. The van der Waals surface area contributed by atoms with Crippen LogP contribution in [0.15, 0.2) is 16.7 Å². The zero-order valence-corrected chi connectivity index (χ0v) is 11.7. The third kappa shape index (κ3) is 3.66. The van der Waals surface area contributed by atoms with Crippen LogP contribution in [0.5, 0.6) is 0 Å². The minimum absolute atomic E-state index is 0.00141. The van der Waals surface area contributed by atoms with Gasteiger partial charge in [0.15, 0.2) is 0 Å². The lowest BCUT2D eigenvalue weighted by molar-refractivity contribution is -0.384. The summed E-state index contributed by atoms with van der Waals surface area (Å²) in [5, 5.41) is 14.1. The SMILES string of the molecule is CCC(Nc1ncc(Br)cc1[N+](=O)[O-])C(C)C. The number of hydrogen-bond donors (Lipinski definition) is 1. The Hall–Kier alpha value is -1.17. The van der Waals surface area contributed by atoms with E-state index in [9.17, 15) is 10.1 Å². The van der Waals surface area contributed by atoms with Crippen LogP contribution >= 0.6 is 15.9 Å². The Kier molecular flexibility index (Phi) is 4.86. The van der Waals surface area contributed by atoms with Gasteiger partial charge in [-0.3, -0.25) is 10.1 Å². The first-order chi connectivity index (χ1) is 7.95. The number of nitro groups is 1. The second-order valence-electron chi connectivity index (χ2n) is 4.18. The minimum Gasteiger partial charge on any atom is -0.361 e. The van der Waals surface area contributed by atoms with Crippen LogP contribution in [0.25, 0.3) is 0 Å². The lowest BCUT2D eigenvalue weighted by atomic mass is 10.0. The molecular formula is C11H16BrN3O2. The number of aromatic nitrogens is 1. The molecule has 0 aliphatic carbocycles. The van der Waals surface area contributed by atoms with Gasteiger partial charge in [-0.15, -0.1) is 0 Å². The standard InChI is InChI=1S/C11H16BrN3O2/c1-4-9(7(2)3)14-11-10(15(16)17)5-8(12)6-13-11/h5-7,9H,4H2,1-3H3,(H,13,14).